The molecule has 38 valence electrons. The molecule has 0 N–H and O–H groups in total. The van der Waals surface area contributed by atoms with E-state index in [1.165, 1.54) is 0 Å². The lowest BCUT2D eigenvalue weighted by molar-refractivity contribution is 1.02. The monoisotopic (exact) mass is 96.1 g/mol. The van der Waals surface area contributed by atoms with Crippen molar-refractivity contribution in [2.45, 2.75) is 13.8 Å². The van der Waals surface area contributed by atoms with Crippen molar-refractivity contribution in [2.75, 3.05) is 0 Å². The molecular formula is C4H6N3-. The summed E-state index contributed by atoms with van der Waals surface area (Å²) in [6.45, 7) is 3.64. The topological polar surface area (TPSA) is 39.9 Å². The Labute approximate surface area is 41.8 Å². The summed E-state index contributed by atoms with van der Waals surface area (Å²) < 4.78 is 0. The van der Waals surface area contributed by atoms with E-state index in [0.29, 0.717) is 0 Å². The molecule has 3 heteroatoms. The molecule has 1 heterocycles. The van der Waals surface area contributed by atoms with Gasteiger partial charge >= 0.3 is 0 Å². The van der Waals surface area contributed by atoms with Crippen LogP contribution in [0.15, 0.2) is 0 Å². The van der Waals surface area contributed by atoms with Crippen molar-refractivity contribution in [3.63, 3.8) is 0 Å². The zero-order valence-corrected chi connectivity index (χ0v) is 4.34. The number of aryl methyl sites for hydroxylation is 2. The molecule has 0 saturated heterocycles. The van der Waals surface area contributed by atoms with Crippen LogP contribution in [-0.2, 0) is 0 Å². The molecule has 1 rings (SSSR count). The maximum Gasteiger partial charge on any atom is -0.0133 e. The Kier molecular flexibility index (Phi) is 0.817. The Balaban J connectivity index is 3.04. The van der Waals surface area contributed by atoms with Gasteiger partial charge in [0.2, 0.25) is 0 Å². The highest BCUT2D eigenvalue weighted by Gasteiger charge is 1.73. The third-order valence-corrected chi connectivity index (χ3v) is 0.663. The van der Waals surface area contributed by atoms with Crippen molar-refractivity contribution in [3.8, 4) is 0 Å². The minimum atomic E-state index is 0.748. The highest BCUT2D eigenvalue weighted by Crippen LogP contribution is 1.81. The molecule has 0 aliphatic heterocycles. The quantitative estimate of drug-likeness (QED) is 0.458. The second-order valence-corrected chi connectivity index (χ2v) is 1.41. The van der Waals surface area contributed by atoms with E-state index in [1.807, 2.05) is 13.8 Å². The summed E-state index contributed by atoms with van der Waals surface area (Å²) in [6, 6.07) is 0. The highest BCUT2D eigenvalue weighted by molar-refractivity contribution is 4.81. The molecule has 7 heavy (non-hydrogen) atoms. The van der Waals surface area contributed by atoms with E-state index in [4.69, 9.17) is 0 Å². The van der Waals surface area contributed by atoms with Gasteiger partial charge < -0.3 is 15.2 Å². The van der Waals surface area contributed by atoms with Crippen molar-refractivity contribution < 1.29 is 0 Å². The van der Waals surface area contributed by atoms with Crippen LogP contribution >= 0.6 is 0 Å². The molecule has 0 bridgehead atoms. The molecule has 0 fully saturated rings. The van der Waals surface area contributed by atoms with Crippen LogP contribution in [-0.4, -0.2) is 10.2 Å². The van der Waals surface area contributed by atoms with Crippen LogP contribution in [0.25, 0.3) is 0 Å². The van der Waals surface area contributed by atoms with Gasteiger partial charge in [0, 0.05) is 0 Å². The number of hydrogen-bond acceptors (Lipinski definition) is 2. The van der Waals surface area contributed by atoms with Crippen molar-refractivity contribution in [3.05, 3.63) is 11.6 Å². The van der Waals surface area contributed by atoms with E-state index in [0.717, 1.165) is 11.6 Å². The lowest BCUT2D eigenvalue weighted by atomic mass is 10.7. The van der Waals surface area contributed by atoms with Crippen LogP contribution in [0, 0.1) is 13.8 Å². The van der Waals surface area contributed by atoms with E-state index >= 15 is 0 Å². The van der Waals surface area contributed by atoms with Gasteiger partial charge in [-0.25, -0.2) is 0 Å². The molecule has 0 aromatic carbocycles. The molecule has 0 amide bonds. The van der Waals surface area contributed by atoms with E-state index in [1.54, 1.807) is 0 Å². The Morgan fingerprint density at radius 2 is 1.57 bits per heavy atom. The summed E-state index contributed by atoms with van der Waals surface area (Å²) in [7, 11) is 0. The first-order valence-electron chi connectivity index (χ1n) is 2.09. The van der Waals surface area contributed by atoms with Gasteiger partial charge in [-0.3, -0.25) is 0 Å². The molecule has 0 unspecified atom stereocenters. The molecule has 0 aliphatic rings. The van der Waals surface area contributed by atoms with E-state index in [-0.39, 0.29) is 0 Å². The zero-order valence-electron chi connectivity index (χ0n) is 4.34. The number of hydrogen-bond donors (Lipinski definition) is 0. The summed E-state index contributed by atoms with van der Waals surface area (Å²) in [6.07, 6.45) is 0. The summed E-state index contributed by atoms with van der Waals surface area (Å²) >= 11 is 0. The van der Waals surface area contributed by atoms with Crippen molar-refractivity contribution in [2.24, 2.45) is 0 Å². The second kappa shape index (κ2) is 1.33. The smallest absolute Gasteiger partial charge is 0.0133 e. The molecule has 3 nitrogen and oxygen atoms in total. The molecule has 1 aromatic heterocycles. The third kappa shape index (κ3) is 0.765. The van der Waals surface area contributed by atoms with Crippen LogP contribution in [0.5, 0.6) is 0 Å². The maximum absolute atomic E-state index is 3.89. The lowest BCUT2D eigenvalue weighted by Crippen LogP contribution is -1.75. The predicted molar refractivity (Wildman–Crippen MR) is 24.8 cm³/mol. The fraction of sp³-hybridized carbons (Fsp3) is 0.500. The van der Waals surface area contributed by atoms with Gasteiger partial charge in [-0.1, -0.05) is 0 Å². The molecular weight excluding hydrogens is 90.1 g/mol. The standard InChI is InChI=1S/C4H6N3/c1-3-5-4(2)7-6-3/h1-2H3/q-1. The second-order valence-electron chi connectivity index (χ2n) is 1.41. The van der Waals surface area contributed by atoms with Crippen molar-refractivity contribution in [1.29, 1.82) is 0 Å². The fourth-order valence-electron chi connectivity index (χ4n) is 0.424. The fourth-order valence-corrected chi connectivity index (χ4v) is 0.424. The molecule has 0 radical (unpaired) electrons. The van der Waals surface area contributed by atoms with Gasteiger partial charge in [-0.2, -0.15) is 0 Å². The first-order chi connectivity index (χ1) is 3.29. The van der Waals surface area contributed by atoms with E-state index in [2.05, 4.69) is 15.2 Å². The van der Waals surface area contributed by atoms with Crippen molar-refractivity contribution >= 4 is 0 Å². The molecule has 1 aromatic rings. The van der Waals surface area contributed by atoms with Crippen LogP contribution in [0.3, 0.4) is 0 Å². The number of aromatic nitrogens is 3. The molecule has 0 saturated carbocycles. The Bertz CT molecular complexity index is 139. The van der Waals surface area contributed by atoms with Gasteiger partial charge in [0.05, 0.1) is 0 Å². The average molecular weight is 96.1 g/mol. The third-order valence-electron chi connectivity index (χ3n) is 0.663. The SMILES string of the molecule is Cc1nnc(C)[n-]1. The number of rotatable bonds is 0. The Morgan fingerprint density at radius 3 is 1.71 bits per heavy atom. The van der Waals surface area contributed by atoms with Gasteiger partial charge in [0.15, 0.2) is 0 Å². The first kappa shape index (κ1) is 4.30. The van der Waals surface area contributed by atoms with Crippen molar-refractivity contribution in [1.82, 2.24) is 15.2 Å². The Morgan fingerprint density at radius 1 is 1.14 bits per heavy atom. The largest absolute Gasteiger partial charge is 0.367 e. The summed E-state index contributed by atoms with van der Waals surface area (Å²) in [5, 5.41) is 7.31. The van der Waals surface area contributed by atoms with Crippen LogP contribution in [0.1, 0.15) is 11.6 Å². The molecule has 0 spiro atoms. The molecule has 0 aliphatic carbocycles. The van der Waals surface area contributed by atoms with E-state index in [9.17, 15) is 0 Å². The zero-order chi connectivity index (χ0) is 5.28. The summed E-state index contributed by atoms with van der Waals surface area (Å²) in [5.74, 6) is 1.50. The van der Waals surface area contributed by atoms with Gasteiger partial charge in [-0.05, 0) is 25.5 Å². The lowest BCUT2D eigenvalue weighted by Gasteiger charge is -1.80. The minimum Gasteiger partial charge on any atom is -0.367 e. The first-order valence-corrected chi connectivity index (χ1v) is 2.09. The van der Waals surface area contributed by atoms with Gasteiger partial charge in [0.1, 0.15) is 0 Å². The van der Waals surface area contributed by atoms with Gasteiger partial charge in [-0.15, -0.1) is 0 Å². The minimum absolute atomic E-state index is 0.748. The van der Waals surface area contributed by atoms with Crippen LogP contribution in [0.4, 0.5) is 0 Å². The normalized spacial score (nSPS) is 9.43. The highest BCUT2D eigenvalue weighted by atomic mass is 15.2. The summed E-state index contributed by atoms with van der Waals surface area (Å²) in [5.41, 5.74) is 0. The van der Waals surface area contributed by atoms with Crippen LogP contribution < -0.4 is 4.98 Å². The summed E-state index contributed by atoms with van der Waals surface area (Å²) in [4.78, 5) is 3.89. The Hall–Kier alpha value is -0.860. The van der Waals surface area contributed by atoms with Gasteiger partial charge in [0.25, 0.3) is 0 Å². The van der Waals surface area contributed by atoms with E-state index < -0.39 is 0 Å². The number of nitrogens with zero attached hydrogens (tertiary/aromatic N) is 3. The van der Waals surface area contributed by atoms with Crippen LogP contribution in [0.2, 0.25) is 0 Å². The predicted octanol–water partition coefficient (Wildman–Crippen LogP) is 0.0506. The molecule has 0 atom stereocenters. The average Bonchev–Trinajstić information content (AvgIpc) is 1.87. The maximum atomic E-state index is 3.89.